The number of nitriles is 1. The summed E-state index contributed by atoms with van der Waals surface area (Å²) in [4.78, 5) is 28.8. The van der Waals surface area contributed by atoms with E-state index in [-0.39, 0.29) is 17.6 Å². The average Bonchev–Trinajstić information content (AvgIpc) is 3.75. The fourth-order valence-electron chi connectivity index (χ4n) is 5.33. The summed E-state index contributed by atoms with van der Waals surface area (Å²) in [5, 5.41) is 16.0. The number of pyridine rings is 1. The molecule has 3 aromatic heterocycles. The number of carbonyl (C=O) groups is 1. The molecule has 10 nitrogen and oxygen atoms in total. The molecule has 5 heterocycles. The van der Waals surface area contributed by atoms with Crippen molar-refractivity contribution in [2.45, 2.75) is 19.9 Å². The fraction of sp³-hybridized carbons (Fsp3) is 0.393. The number of anilines is 3. The molecule has 6 rings (SSSR count). The number of aromatic nitrogens is 4. The molecular weight excluding hydrogens is 531 g/mol. The van der Waals surface area contributed by atoms with Crippen molar-refractivity contribution in [3.8, 4) is 17.3 Å². The second kappa shape index (κ2) is 10.8. The van der Waals surface area contributed by atoms with Crippen molar-refractivity contribution in [1.82, 2.24) is 24.6 Å². The van der Waals surface area contributed by atoms with Crippen LogP contribution in [0.1, 0.15) is 18.2 Å². The van der Waals surface area contributed by atoms with Gasteiger partial charge in [-0.1, -0.05) is 11.3 Å². The van der Waals surface area contributed by atoms with Crippen LogP contribution in [0.25, 0.3) is 22.3 Å². The number of rotatable bonds is 6. The Bertz CT molecular complexity index is 1580. The molecule has 0 aliphatic carbocycles. The second-order valence-electron chi connectivity index (χ2n) is 9.93. The zero-order valence-electron chi connectivity index (χ0n) is 22.4. The van der Waals surface area contributed by atoms with Gasteiger partial charge in [-0.15, -0.1) is 0 Å². The van der Waals surface area contributed by atoms with Gasteiger partial charge in [0, 0.05) is 51.9 Å². The summed E-state index contributed by atoms with van der Waals surface area (Å²) >= 11 is 1.28. The first kappa shape index (κ1) is 26.2. The number of benzene rings is 1. The van der Waals surface area contributed by atoms with Crippen LogP contribution in [0.4, 0.5) is 21.0 Å². The van der Waals surface area contributed by atoms with E-state index in [0.29, 0.717) is 59.8 Å². The molecule has 0 bridgehead atoms. The minimum atomic E-state index is -0.340. The van der Waals surface area contributed by atoms with Crippen LogP contribution in [-0.2, 0) is 16.1 Å². The SMILES string of the molecule is CCn1nc2ncc(N3CCN(C(=O)[C@H]4CCOC4)CC3)cc2c1N(C)c1nc(-c2ccc(F)cc2)c(C#N)s1. The lowest BCUT2D eigenvalue weighted by Crippen LogP contribution is -2.50. The molecule has 2 aliphatic heterocycles. The number of aryl methyl sites for hydroxylation is 1. The summed E-state index contributed by atoms with van der Waals surface area (Å²) in [6.45, 7) is 6.60. The summed E-state index contributed by atoms with van der Waals surface area (Å²) in [5.41, 5.74) is 2.80. The van der Waals surface area contributed by atoms with E-state index in [0.717, 1.165) is 36.4 Å². The maximum Gasteiger partial charge on any atom is 0.228 e. The lowest BCUT2D eigenvalue weighted by atomic mass is 10.1. The van der Waals surface area contributed by atoms with Crippen LogP contribution >= 0.6 is 11.3 Å². The maximum atomic E-state index is 13.5. The number of fused-ring (bicyclic) bond motifs is 1. The molecule has 1 atom stereocenters. The lowest BCUT2D eigenvalue weighted by molar-refractivity contribution is -0.135. The van der Waals surface area contributed by atoms with Crippen molar-refractivity contribution in [3.63, 3.8) is 0 Å². The first-order valence-electron chi connectivity index (χ1n) is 13.4. The Morgan fingerprint density at radius 3 is 2.70 bits per heavy atom. The minimum Gasteiger partial charge on any atom is -0.381 e. The van der Waals surface area contributed by atoms with Crippen LogP contribution in [0.5, 0.6) is 0 Å². The quantitative estimate of drug-likeness (QED) is 0.348. The van der Waals surface area contributed by atoms with E-state index < -0.39 is 0 Å². The molecular formula is C28H29FN8O2S. The predicted octanol–water partition coefficient (Wildman–Crippen LogP) is 4.04. The Kier molecular flexibility index (Phi) is 7.08. The molecule has 0 saturated carbocycles. The number of piperazine rings is 1. The van der Waals surface area contributed by atoms with Gasteiger partial charge in [0.05, 0.1) is 29.8 Å². The van der Waals surface area contributed by atoms with E-state index in [1.165, 1.54) is 23.5 Å². The van der Waals surface area contributed by atoms with Gasteiger partial charge in [0.1, 0.15) is 28.3 Å². The van der Waals surface area contributed by atoms with E-state index in [1.807, 2.05) is 34.6 Å². The summed E-state index contributed by atoms with van der Waals surface area (Å²) in [5.74, 6) is 0.663. The van der Waals surface area contributed by atoms with Gasteiger partial charge < -0.3 is 19.4 Å². The fourth-order valence-corrected chi connectivity index (χ4v) is 6.18. The smallest absolute Gasteiger partial charge is 0.228 e. The highest BCUT2D eigenvalue weighted by molar-refractivity contribution is 7.16. The summed E-state index contributed by atoms with van der Waals surface area (Å²) in [6.07, 6.45) is 2.64. The van der Waals surface area contributed by atoms with E-state index in [2.05, 4.69) is 22.0 Å². The number of nitrogens with zero attached hydrogens (tertiary/aromatic N) is 8. The molecule has 40 heavy (non-hydrogen) atoms. The van der Waals surface area contributed by atoms with Crippen molar-refractivity contribution in [1.29, 1.82) is 5.26 Å². The number of amides is 1. The highest BCUT2D eigenvalue weighted by atomic mass is 32.1. The first-order valence-corrected chi connectivity index (χ1v) is 14.2. The maximum absolute atomic E-state index is 13.5. The highest BCUT2D eigenvalue weighted by Crippen LogP contribution is 2.38. The molecule has 4 aromatic rings. The third kappa shape index (κ3) is 4.76. The predicted molar refractivity (Wildman–Crippen MR) is 151 cm³/mol. The van der Waals surface area contributed by atoms with Gasteiger partial charge in [-0.25, -0.2) is 19.0 Å². The lowest BCUT2D eigenvalue weighted by Gasteiger charge is -2.37. The summed E-state index contributed by atoms with van der Waals surface area (Å²) in [6, 6.07) is 10.3. The molecule has 0 radical (unpaired) electrons. The Morgan fingerprint density at radius 2 is 2.02 bits per heavy atom. The number of hydrogen-bond acceptors (Lipinski definition) is 9. The molecule has 0 spiro atoms. The molecule has 12 heteroatoms. The Morgan fingerprint density at radius 1 is 1.25 bits per heavy atom. The van der Waals surface area contributed by atoms with E-state index in [1.54, 1.807) is 12.1 Å². The number of hydrogen-bond donors (Lipinski definition) is 0. The Hall–Kier alpha value is -4.08. The van der Waals surface area contributed by atoms with Crippen LogP contribution in [0.3, 0.4) is 0 Å². The Labute approximate surface area is 235 Å². The van der Waals surface area contributed by atoms with Crippen molar-refractivity contribution in [2.75, 3.05) is 56.2 Å². The normalized spacial score (nSPS) is 17.4. The standard InChI is InChI=1S/C28H29FN8O2S/c1-3-37-26(34(2)28-32-24(23(15-30)40-28)18-4-6-20(29)7-5-18)22-14-21(16-31-25(22)33-37)35-9-11-36(12-10-35)27(38)19-8-13-39-17-19/h4-7,14,16,19H,3,8-13,17H2,1-2H3/t19-/m0/s1. The van der Waals surface area contributed by atoms with Crippen LogP contribution in [0.15, 0.2) is 36.5 Å². The van der Waals surface area contributed by atoms with Gasteiger partial charge in [0.2, 0.25) is 5.91 Å². The van der Waals surface area contributed by atoms with Crippen molar-refractivity contribution in [2.24, 2.45) is 5.92 Å². The van der Waals surface area contributed by atoms with Crippen LogP contribution < -0.4 is 9.80 Å². The number of halogens is 1. The monoisotopic (exact) mass is 560 g/mol. The van der Waals surface area contributed by atoms with Gasteiger partial charge in [0.15, 0.2) is 10.8 Å². The van der Waals surface area contributed by atoms with Crippen LogP contribution in [0.2, 0.25) is 0 Å². The number of thiazole rings is 1. The largest absolute Gasteiger partial charge is 0.381 e. The minimum absolute atomic E-state index is 0.0153. The molecule has 2 saturated heterocycles. The van der Waals surface area contributed by atoms with Gasteiger partial charge in [0.25, 0.3) is 0 Å². The molecule has 1 aromatic carbocycles. The molecule has 206 valence electrons. The zero-order chi connectivity index (χ0) is 27.8. The average molecular weight is 561 g/mol. The molecule has 1 amide bonds. The molecule has 2 aliphatic rings. The third-order valence-corrected chi connectivity index (χ3v) is 8.56. The molecule has 0 N–H and O–H groups in total. The van der Waals surface area contributed by atoms with Crippen LogP contribution in [-0.4, -0.2) is 77.0 Å². The van der Waals surface area contributed by atoms with Gasteiger partial charge in [-0.05, 0) is 43.7 Å². The topological polar surface area (TPSA) is 103 Å². The van der Waals surface area contributed by atoms with Gasteiger partial charge in [-0.2, -0.15) is 10.4 Å². The summed E-state index contributed by atoms with van der Waals surface area (Å²) in [7, 11) is 1.90. The zero-order valence-corrected chi connectivity index (χ0v) is 23.2. The van der Waals surface area contributed by atoms with E-state index >= 15 is 0 Å². The first-order chi connectivity index (χ1) is 19.5. The number of carbonyl (C=O) groups excluding carboxylic acids is 1. The second-order valence-corrected chi connectivity index (χ2v) is 10.9. The van der Waals surface area contributed by atoms with Gasteiger partial charge >= 0.3 is 0 Å². The van der Waals surface area contributed by atoms with Crippen molar-refractivity contribution < 1.29 is 13.9 Å². The number of ether oxygens (including phenoxy) is 1. The highest BCUT2D eigenvalue weighted by Gasteiger charge is 2.30. The Balaban J connectivity index is 1.28. The van der Waals surface area contributed by atoms with E-state index in [9.17, 15) is 14.4 Å². The van der Waals surface area contributed by atoms with Crippen LogP contribution in [0, 0.1) is 23.1 Å². The molecule has 0 unspecified atom stereocenters. The summed E-state index contributed by atoms with van der Waals surface area (Å²) < 4.78 is 20.8. The third-order valence-electron chi connectivity index (χ3n) is 7.53. The van der Waals surface area contributed by atoms with Gasteiger partial charge in [-0.3, -0.25) is 4.79 Å². The molecule has 2 fully saturated rings. The van der Waals surface area contributed by atoms with E-state index in [4.69, 9.17) is 14.8 Å². The van der Waals surface area contributed by atoms with Crippen molar-refractivity contribution in [3.05, 3.63) is 47.2 Å². The van der Waals surface area contributed by atoms with Crippen molar-refractivity contribution >= 4 is 44.9 Å².